The van der Waals surface area contributed by atoms with E-state index in [2.05, 4.69) is 15.9 Å². The number of hydrogen-bond donors (Lipinski definition) is 0. The standard InChI is InChI=1S/C12H9BrOS/c1-8(14)11-6-7-12(15-11)9-4-2-3-5-10(9)13/h2-7H,1H3. The Balaban J connectivity index is 2.46. The van der Waals surface area contributed by atoms with Crippen molar-refractivity contribution in [2.24, 2.45) is 0 Å². The van der Waals surface area contributed by atoms with Crippen molar-refractivity contribution in [3.8, 4) is 10.4 Å². The van der Waals surface area contributed by atoms with Crippen LogP contribution in [0.25, 0.3) is 10.4 Å². The van der Waals surface area contributed by atoms with Crippen LogP contribution in [0.4, 0.5) is 0 Å². The zero-order chi connectivity index (χ0) is 10.8. The molecule has 0 radical (unpaired) electrons. The van der Waals surface area contributed by atoms with Gasteiger partial charge in [0.05, 0.1) is 4.88 Å². The Bertz CT molecular complexity index is 502. The van der Waals surface area contributed by atoms with Gasteiger partial charge in [0.2, 0.25) is 0 Å². The van der Waals surface area contributed by atoms with Gasteiger partial charge in [0, 0.05) is 14.9 Å². The molecular weight excluding hydrogens is 272 g/mol. The minimum atomic E-state index is 0.123. The second kappa shape index (κ2) is 4.29. The normalized spacial score (nSPS) is 10.3. The van der Waals surface area contributed by atoms with Crippen LogP contribution in [0.2, 0.25) is 0 Å². The van der Waals surface area contributed by atoms with Gasteiger partial charge in [0.15, 0.2) is 5.78 Å². The molecule has 0 fully saturated rings. The van der Waals surface area contributed by atoms with Crippen LogP contribution in [0, 0.1) is 0 Å². The van der Waals surface area contributed by atoms with E-state index in [0.29, 0.717) is 0 Å². The number of hydrogen-bond acceptors (Lipinski definition) is 2. The van der Waals surface area contributed by atoms with E-state index in [-0.39, 0.29) is 5.78 Å². The number of carbonyl (C=O) groups excluding carboxylic acids is 1. The van der Waals surface area contributed by atoms with E-state index in [9.17, 15) is 4.79 Å². The van der Waals surface area contributed by atoms with Gasteiger partial charge in [-0.25, -0.2) is 0 Å². The molecule has 0 aliphatic rings. The van der Waals surface area contributed by atoms with Crippen molar-refractivity contribution in [1.82, 2.24) is 0 Å². The number of halogens is 1. The van der Waals surface area contributed by atoms with E-state index >= 15 is 0 Å². The average Bonchev–Trinajstić information content (AvgIpc) is 2.67. The summed E-state index contributed by atoms with van der Waals surface area (Å²) in [6.07, 6.45) is 0. The maximum absolute atomic E-state index is 11.2. The molecule has 0 aliphatic heterocycles. The molecule has 2 aromatic rings. The second-order valence-corrected chi connectivity index (χ2v) is 5.14. The summed E-state index contributed by atoms with van der Waals surface area (Å²) in [4.78, 5) is 13.1. The minimum Gasteiger partial charge on any atom is -0.294 e. The molecule has 1 aromatic carbocycles. The molecule has 15 heavy (non-hydrogen) atoms. The lowest BCUT2D eigenvalue weighted by molar-refractivity contribution is 0.102. The lowest BCUT2D eigenvalue weighted by Gasteiger charge is -1.99. The molecule has 1 nitrogen and oxygen atoms in total. The molecule has 0 saturated heterocycles. The van der Waals surface area contributed by atoms with Crippen LogP contribution in [0.15, 0.2) is 40.9 Å². The molecule has 0 bridgehead atoms. The maximum atomic E-state index is 11.2. The van der Waals surface area contributed by atoms with Gasteiger partial charge < -0.3 is 0 Å². The Morgan fingerprint density at radius 3 is 2.53 bits per heavy atom. The number of thiophene rings is 1. The number of carbonyl (C=O) groups is 1. The van der Waals surface area contributed by atoms with Crippen LogP contribution in [-0.2, 0) is 0 Å². The van der Waals surface area contributed by atoms with Gasteiger partial charge in [-0.05, 0) is 25.1 Å². The zero-order valence-electron chi connectivity index (χ0n) is 8.16. The van der Waals surface area contributed by atoms with Crippen LogP contribution in [0.3, 0.4) is 0 Å². The van der Waals surface area contributed by atoms with Crippen LogP contribution in [0.1, 0.15) is 16.6 Å². The van der Waals surface area contributed by atoms with Gasteiger partial charge in [0.1, 0.15) is 0 Å². The first-order valence-corrected chi connectivity index (χ1v) is 6.15. The number of Topliss-reactive ketones (excluding diaryl/α,β-unsaturated/α-hetero) is 1. The van der Waals surface area contributed by atoms with Crippen molar-refractivity contribution < 1.29 is 4.79 Å². The molecule has 0 saturated carbocycles. The third kappa shape index (κ3) is 2.19. The topological polar surface area (TPSA) is 17.1 Å². The molecule has 0 atom stereocenters. The highest BCUT2D eigenvalue weighted by atomic mass is 79.9. The number of rotatable bonds is 2. The third-order valence-electron chi connectivity index (χ3n) is 2.09. The van der Waals surface area contributed by atoms with Gasteiger partial charge in [-0.1, -0.05) is 34.1 Å². The fraction of sp³-hybridized carbons (Fsp3) is 0.0833. The van der Waals surface area contributed by atoms with Crippen molar-refractivity contribution in [2.75, 3.05) is 0 Å². The van der Waals surface area contributed by atoms with E-state index < -0.39 is 0 Å². The molecule has 76 valence electrons. The summed E-state index contributed by atoms with van der Waals surface area (Å²) in [6.45, 7) is 1.59. The summed E-state index contributed by atoms with van der Waals surface area (Å²) in [5.74, 6) is 0.123. The Hall–Kier alpha value is -0.930. The molecule has 0 unspecified atom stereocenters. The fourth-order valence-electron chi connectivity index (χ4n) is 1.33. The van der Waals surface area contributed by atoms with Crippen LogP contribution in [-0.4, -0.2) is 5.78 Å². The SMILES string of the molecule is CC(=O)c1ccc(-c2ccccc2Br)s1. The molecule has 0 spiro atoms. The molecular formula is C12H9BrOS. The molecule has 0 N–H and O–H groups in total. The molecule has 0 amide bonds. The second-order valence-electron chi connectivity index (χ2n) is 3.20. The first-order valence-electron chi connectivity index (χ1n) is 4.54. The molecule has 0 aliphatic carbocycles. The van der Waals surface area contributed by atoms with Gasteiger partial charge in [0.25, 0.3) is 0 Å². The number of benzene rings is 1. The van der Waals surface area contributed by atoms with Gasteiger partial charge in [-0.3, -0.25) is 4.79 Å². The highest BCUT2D eigenvalue weighted by molar-refractivity contribution is 9.10. The summed E-state index contributed by atoms with van der Waals surface area (Å²) in [5, 5.41) is 0. The predicted molar refractivity (Wildman–Crippen MR) is 67.5 cm³/mol. The van der Waals surface area contributed by atoms with Crippen molar-refractivity contribution >= 4 is 33.0 Å². The zero-order valence-corrected chi connectivity index (χ0v) is 10.6. The highest BCUT2D eigenvalue weighted by Gasteiger charge is 2.07. The summed E-state index contributed by atoms with van der Waals surface area (Å²) >= 11 is 5.03. The molecule has 1 heterocycles. The average molecular weight is 281 g/mol. The lowest BCUT2D eigenvalue weighted by atomic mass is 10.2. The first kappa shape index (κ1) is 10.6. The maximum Gasteiger partial charge on any atom is 0.169 e. The van der Waals surface area contributed by atoms with Gasteiger partial charge in [-0.2, -0.15) is 0 Å². The van der Waals surface area contributed by atoms with Gasteiger partial charge >= 0.3 is 0 Å². The van der Waals surface area contributed by atoms with E-state index in [1.54, 1.807) is 6.92 Å². The van der Waals surface area contributed by atoms with Crippen LogP contribution >= 0.6 is 27.3 Å². The Kier molecular flexibility index (Phi) is 3.03. The molecule has 3 heteroatoms. The van der Waals surface area contributed by atoms with Crippen molar-refractivity contribution in [1.29, 1.82) is 0 Å². The van der Waals surface area contributed by atoms with Crippen molar-refractivity contribution in [3.63, 3.8) is 0 Å². The Morgan fingerprint density at radius 1 is 1.20 bits per heavy atom. The monoisotopic (exact) mass is 280 g/mol. The summed E-state index contributed by atoms with van der Waals surface area (Å²) in [7, 11) is 0. The van der Waals surface area contributed by atoms with Crippen molar-refractivity contribution in [3.05, 3.63) is 45.7 Å². The highest BCUT2D eigenvalue weighted by Crippen LogP contribution is 2.33. The van der Waals surface area contributed by atoms with Crippen molar-refractivity contribution in [2.45, 2.75) is 6.92 Å². The third-order valence-corrected chi connectivity index (χ3v) is 4.00. The van der Waals surface area contributed by atoms with E-state index in [1.807, 2.05) is 36.4 Å². The number of ketones is 1. The van der Waals surface area contributed by atoms with E-state index in [4.69, 9.17) is 0 Å². The predicted octanol–water partition coefficient (Wildman–Crippen LogP) is 4.38. The van der Waals surface area contributed by atoms with E-state index in [0.717, 1.165) is 19.8 Å². The van der Waals surface area contributed by atoms with E-state index in [1.165, 1.54) is 11.3 Å². The Labute approximate surface area is 101 Å². The quantitative estimate of drug-likeness (QED) is 0.746. The first-order chi connectivity index (χ1) is 7.18. The van der Waals surface area contributed by atoms with Crippen LogP contribution in [0.5, 0.6) is 0 Å². The largest absolute Gasteiger partial charge is 0.294 e. The minimum absolute atomic E-state index is 0.123. The molecule has 2 rings (SSSR count). The smallest absolute Gasteiger partial charge is 0.169 e. The summed E-state index contributed by atoms with van der Waals surface area (Å²) < 4.78 is 1.06. The van der Waals surface area contributed by atoms with Crippen LogP contribution < -0.4 is 0 Å². The lowest BCUT2D eigenvalue weighted by Crippen LogP contribution is -1.83. The fourth-order valence-corrected chi connectivity index (χ4v) is 2.90. The summed E-state index contributed by atoms with van der Waals surface area (Å²) in [5.41, 5.74) is 1.13. The van der Waals surface area contributed by atoms with Gasteiger partial charge in [-0.15, -0.1) is 11.3 Å². The molecule has 1 aromatic heterocycles. The summed E-state index contributed by atoms with van der Waals surface area (Å²) in [6, 6.07) is 11.9. The Morgan fingerprint density at radius 2 is 1.93 bits per heavy atom.